The largest absolute Gasteiger partial charge is 0.208 e. The summed E-state index contributed by atoms with van der Waals surface area (Å²) in [6, 6.07) is 63.2. The first kappa shape index (κ1) is 28.2. The smallest absolute Gasteiger partial charge is 0.164 e. The lowest BCUT2D eigenvalue weighted by atomic mass is 9.69. The molecule has 0 fully saturated rings. The maximum atomic E-state index is 5.17. The predicted octanol–water partition coefficient (Wildman–Crippen LogP) is 11.5. The molecule has 236 valence electrons. The van der Waals surface area contributed by atoms with Crippen molar-refractivity contribution in [1.29, 1.82) is 0 Å². The van der Waals surface area contributed by atoms with Gasteiger partial charge < -0.3 is 0 Å². The zero-order valence-corrected chi connectivity index (χ0v) is 27.6. The van der Waals surface area contributed by atoms with Gasteiger partial charge in [0.2, 0.25) is 0 Å². The molecular formula is C48H29N3. The van der Waals surface area contributed by atoms with E-state index in [9.17, 15) is 0 Å². The molecule has 0 N–H and O–H groups in total. The first-order valence-electron chi connectivity index (χ1n) is 17.5. The lowest BCUT2D eigenvalue weighted by molar-refractivity contribution is 0.801. The molecule has 1 spiro atoms. The molecule has 3 heteroatoms. The average Bonchev–Trinajstić information content (AvgIpc) is 3.68. The Kier molecular flexibility index (Phi) is 5.88. The number of hydrogen-bond acceptors (Lipinski definition) is 3. The van der Waals surface area contributed by atoms with Crippen LogP contribution < -0.4 is 0 Å². The van der Waals surface area contributed by atoms with Gasteiger partial charge in [-0.2, -0.15) is 0 Å². The number of nitrogens with zero attached hydrogens (tertiary/aromatic N) is 3. The molecular weight excluding hydrogens is 619 g/mol. The highest BCUT2D eigenvalue weighted by atomic mass is 15.0. The van der Waals surface area contributed by atoms with Gasteiger partial charge in [-0.1, -0.05) is 170 Å². The van der Waals surface area contributed by atoms with Crippen molar-refractivity contribution in [2.24, 2.45) is 0 Å². The van der Waals surface area contributed by atoms with Crippen molar-refractivity contribution in [1.82, 2.24) is 15.0 Å². The topological polar surface area (TPSA) is 38.7 Å². The third-order valence-corrected chi connectivity index (χ3v) is 10.9. The first-order chi connectivity index (χ1) is 25.3. The molecule has 9 aromatic rings. The van der Waals surface area contributed by atoms with Crippen molar-refractivity contribution in [2.45, 2.75) is 5.41 Å². The Labute approximate surface area is 295 Å². The quantitative estimate of drug-likeness (QED) is 0.192. The first-order valence-corrected chi connectivity index (χ1v) is 17.5. The summed E-state index contributed by atoms with van der Waals surface area (Å²) in [5.74, 6) is 1.98. The monoisotopic (exact) mass is 647 g/mol. The number of rotatable bonds is 3. The second-order valence-corrected chi connectivity index (χ2v) is 13.5. The van der Waals surface area contributed by atoms with Crippen LogP contribution in [0.15, 0.2) is 176 Å². The number of fused-ring (bicyclic) bond motifs is 13. The van der Waals surface area contributed by atoms with Crippen LogP contribution in [0.4, 0.5) is 0 Å². The number of aromatic nitrogens is 3. The molecule has 0 aliphatic heterocycles. The second kappa shape index (κ2) is 10.6. The molecule has 0 amide bonds. The fraction of sp³-hybridized carbons (Fsp3) is 0.0208. The molecule has 8 aromatic carbocycles. The van der Waals surface area contributed by atoms with Crippen LogP contribution in [0.5, 0.6) is 0 Å². The minimum atomic E-state index is -0.407. The molecule has 3 nitrogen and oxygen atoms in total. The highest BCUT2D eigenvalue weighted by Crippen LogP contribution is 2.64. The van der Waals surface area contributed by atoms with Crippen LogP contribution in [-0.4, -0.2) is 15.0 Å². The summed E-state index contributed by atoms with van der Waals surface area (Å²) in [7, 11) is 0. The van der Waals surface area contributed by atoms with Crippen molar-refractivity contribution in [3.05, 3.63) is 198 Å². The van der Waals surface area contributed by atoms with Crippen LogP contribution in [0.25, 0.3) is 78.0 Å². The summed E-state index contributed by atoms with van der Waals surface area (Å²) in [6.45, 7) is 0. The summed E-state index contributed by atoms with van der Waals surface area (Å²) in [4.78, 5) is 15.3. The molecule has 51 heavy (non-hydrogen) atoms. The van der Waals surface area contributed by atoms with E-state index in [1.807, 2.05) is 18.2 Å². The Hall–Kier alpha value is -6.71. The summed E-state index contributed by atoms with van der Waals surface area (Å²) >= 11 is 0. The Balaban J connectivity index is 1.16. The molecule has 0 radical (unpaired) electrons. The van der Waals surface area contributed by atoms with E-state index in [0.29, 0.717) is 17.5 Å². The van der Waals surface area contributed by atoms with Gasteiger partial charge >= 0.3 is 0 Å². The highest BCUT2D eigenvalue weighted by molar-refractivity contribution is 6.04. The van der Waals surface area contributed by atoms with Gasteiger partial charge in [0.25, 0.3) is 0 Å². The molecule has 0 saturated carbocycles. The van der Waals surface area contributed by atoms with E-state index in [4.69, 9.17) is 15.0 Å². The third kappa shape index (κ3) is 3.92. The van der Waals surface area contributed by atoms with Crippen molar-refractivity contribution >= 4 is 21.5 Å². The standard InChI is InChI=1S/C48H29N3/c1-2-14-31(15-3-1)45-49-46(51-47(50-45)40-21-12-16-30-13-4-5-17-34(30)40)33-26-27-35-32(29-33)25-28-39-38-20-8-11-24-43(38)48(44(35)39)41-22-9-6-18-36(41)37-19-7-10-23-42(37)48/h1-29H. The lowest BCUT2D eigenvalue weighted by Crippen LogP contribution is -2.26. The molecule has 0 atom stereocenters. The normalized spacial score (nSPS) is 13.3. The summed E-state index contributed by atoms with van der Waals surface area (Å²) in [6.07, 6.45) is 0. The Bertz CT molecular complexity index is 2800. The van der Waals surface area contributed by atoms with Gasteiger partial charge in [0.1, 0.15) is 0 Å². The van der Waals surface area contributed by atoms with Crippen molar-refractivity contribution in [2.75, 3.05) is 0 Å². The minimum absolute atomic E-state index is 0.407. The van der Waals surface area contributed by atoms with E-state index in [0.717, 1.165) is 32.8 Å². The third-order valence-electron chi connectivity index (χ3n) is 10.9. The van der Waals surface area contributed by atoms with E-state index in [1.54, 1.807) is 0 Å². The second-order valence-electron chi connectivity index (χ2n) is 13.5. The van der Waals surface area contributed by atoms with Gasteiger partial charge in [0.15, 0.2) is 17.5 Å². The van der Waals surface area contributed by atoms with Crippen molar-refractivity contribution < 1.29 is 0 Å². The minimum Gasteiger partial charge on any atom is -0.208 e. The molecule has 0 bridgehead atoms. The lowest BCUT2D eigenvalue weighted by Gasteiger charge is -2.31. The molecule has 1 heterocycles. The molecule has 11 rings (SSSR count). The summed E-state index contributed by atoms with van der Waals surface area (Å²) < 4.78 is 0. The SMILES string of the molecule is c1ccc(-c2nc(-c3ccc4c5c(ccc4c3)-c3ccccc3C53c4ccccc4-c4ccccc43)nc(-c3cccc4ccccc34)n2)cc1. The van der Waals surface area contributed by atoms with Gasteiger partial charge in [-0.25, -0.2) is 15.0 Å². The fourth-order valence-corrected chi connectivity index (χ4v) is 8.83. The molecule has 0 unspecified atom stereocenters. The molecule has 2 aliphatic carbocycles. The van der Waals surface area contributed by atoms with Crippen molar-refractivity contribution in [3.8, 4) is 56.4 Å². The van der Waals surface area contributed by atoms with Crippen LogP contribution in [-0.2, 0) is 5.41 Å². The zero-order valence-electron chi connectivity index (χ0n) is 27.6. The maximum absolute atomic E-state index is 5.17. The van der Waals surface area contributed by atoms with E-state index in [2.05, 4.69) is 158 Å². The van der Waals surface area contributed by atoms with E-state index >= 15 is 0 Å². The van der Waals surface area contributed by atoms with Gasteiger partial charge in [-0.05, 0) is 72.1 Å². The van der Waals surface area contributed by atoms with Crippen LogP contribution >= 0.6 is 0 Å². The zero-order chi connectivity index (χ0) is 33.5. The van der Waals surface area contributed by atoms with Gasteiger partial charge in [0.05, 0.1) is 5.41 Å². The van der Waals surface area contributed by atoms with Crippen LogP contribution in [0, 0.1) is 0 Å². The van der Waals surface area contributed by atoms with E-state index in [1.165, 1.54) is 49.9 Å². The predicted molar refractivity (Wildman–Crippen MR) is 207 cm³/mol. The Morgan fingerprint density at radius 1 is 0.314 bits per heavy atom. The highest BCUT2D eigenvalue weighted by Gasteiger charge is 2.52. The molecule has 0 saturated heterocycles. The van der Waals surface area contributed by atoms with Crippen LogP contribution in [0.3, 0.4) is 0 Å². The number of hydrogen-bond donors (Lipinski definition) is 0. The van der Waals surface area contributed by atoms with Crippen LogP contribution in [0.2, 0.25) is 0 Å². The molecule has 2 aliphatic rings. The van der Waals surface area contributed by atoms with Gasteiger partial charge in [0, 0.05) is 16.7 Å². The summed E-state index contributed by atoms with van der Waals surface area (Å²) in [5, 5.41) is 4.68. The summed E-state index contributed by atoms with van der Waals surface area (Å²) in [5.41, 5.74) is 13.1. The number of benzene rings is 8. The fourth-order valence-electron chi connectivity index (χ4n) is 8.83. The van der Waals surface area contributed by atoms with Crippen LogP contribution in [0.1, 0.15) is 22.3 Å². The van der Waals surface area contributed by atoms with Gasteiger partial charge in [-0.15, -0.1) is 0 Å². The van der Waals surface area contributed by atoms with E-state index < -0.39 is 5.41 Å². The average molecular weight is 648 g/mol. The van der Waals surface area contributed by atoms with Gasteiger partial charge in [-0.3, -0.25) is 0 Å². The Morgan fingerprint density at radius 2 is 0.863 bits per heavy atom. The maximum Gasteiger partial charge on any atom is 0.164 e. The van der Waals surface area contributed by atoms with Crippen molar-refractivity contribution in [3.63, 3.8) is 0 Å². The van der Waals surface area contributed by atoms with E-state index in [-0.39, 0.29) is 0 Å². The molecule has 1 aromatic heterocycles. The Morgan fingerprint density at radius 3 is 1.59 bits per heavy atom.